The van der Waals surface area contributed by atoms with E-state index in [2.05, 4.69) is 5.32 Å². The minimum absolute atomic E-state index is 0.0424. The number of nitrogens with one attached hydrogen (secondary N) is 1. The highest BCUT2D eigenvalue weighted by Crippen LogP contribution is 2.17. The fraction of sp³-hybridized carbons (Fsp3) is 0.455. The van der Waals surface area contributed by atoms with Gasteiger partial charge in [0, 0.05) is 11.7 Å². The largest absolute Gasteiger partial charge is 0.391 e. The summed E-state index contributed by atoms with van der Waals surface area (Å²) in [4.78, 5) is 0. The lowest BCUT2D eigenvalue weighted by Crippen LogP contribution is -2.28. The molecule has 2 unspecified atom stereocenters. The van der Waals surface area contributed by atoms with Gasteiger partial charge in [0.2, 0.25) is 0 Å². The van der Waals surface area contributed by atoms with Gasteiger partial charge in [-0.25, -0.2) is 4.39 Å². The van der Waals surface area contributed by atoms with Crippen LogP contribution in [0, 0.1) is 12.7 Å². The summed E-state index contributed by atoms with van der Waals surface area (Å²) in [6.07, 6.45) is -0.431. The first-order valence-corrected chi connectivity index (χ1v) is 4.71. The summed E-state index contributed by atoms with van der Waals surface area (Å²) in [5.41, 5.74) is 1.71. The van der Waals surface area contributed by atoms with Gasteiger partial charge in [-0.2, -0.15) is 0 Å². The van der Waals surface area contributed by atoms with E-state index in [-0.39, 0.29) is 11.9 Å². The van der Waals surface area contributed by atoms with Crippen molar-refractivity contribution < 1.29 is 9.50 Å². The lowest BCUT2D eigenvalue weighted by molar-refractivity contribution is 0.178. The number of halogens is 1. The second-order valence-electron chi connectivity index (χ2n) is 3.63. The predicted octanol–water partition coefficient (Wildman–Crippen LogP) is 2.32. The van der Waals surface area contributed by atoms with E-state index in [1.807, 2.05) is 13.8 Å². The Balaban J connectivity index is 2.77. The third-order valence-corrected chi connectivity index (χ3v) is 2.30. The van der Waals surface area contributed by atoms with Crippen molar-refractivity contribution in [3.8, 4) is 0 Å². The maximum Gasteiger partial charge on any atom is 0.123 e. The van der Waals surface area contributed by atoms with Gasteiger partial charge in [-0.1, -0.05) is 0 Å². The van der Waals surface area contributed by atoms with Gasteiger partial charge in [-0.15, -0.1) is 0 Å². The second-order valence-corrected chi connectivity index (χ2v) is 3.63. The van der Waals surface area contributed by atoms with Crippen LogP contribution in [-0.4, -0.2) is 17.3 Å². The Morgan fingerprint density at radius 1 is 1.36 bits per heavy atom. The molecule has 78 valence electrons. The molecule has 0 aliphatic carbocycles. The van der Waals surface area contributed by atoms with Crippen molar-refractivity contribution in [1.29, 1.82) is 0 Å². The zero-order chi connectivity index (χ0) is 10.7. The zero-order valence-corrected chi connectivity index (χ0v) is 8.71. The van der Waals surface area contributed by atoms with Gasteiger partial charge in [0.05, 0.1) is 6.10 Å². The van der Waals surface area contributed by atoms with Crippen LogP contribution in [0.4, 0.5) is 10.1 Å². The molecule has 3 heteroatoms. The Hall–Kier alpha value is -1.09. The molecule has 1 aromatic rings. The van der Waals surface area contributed by atoms with Crippen LogP contribution >= 0.6 is 0 Å². The topological polar surface area (TPSA) is 32.3 Å². The summed E-state index contributed by atoms with van der Waals surface area (Å²) >= 11 is 0. The molecule has 2 nitrogen and oxygen atoms in total. The van der Waals surface area contributed by atoms with E-state index < -0.39 is 6.10 Å². The zero-order valence-electron chi connectivity index (χ0n) is 8.71. The van der Waals surface area contributed by atoms with Gasteiger partial charge in [-0.3, -0.25) is 0 Å². The van der Waals surface area contributed by atoms with Crippen LogP contribution < -0.4 is 5.32 Å². The highest BCUT2D eigenvalue weighted by atomic mass is 19.1. The number of aryl methyl sites for hydroxylation is 1. The van der Waals surface area contributed by atoms with Crippen LogP contribution in [0.25, 0.3) is 0 Å². The van der Waals surface area contributed by atoms with Gasteiger partial charge in [-0.05, 0) is 44.5 Å². The van der Waals surface area contributed by atoms with Gasteiger partial charge in [0.1, 0.15) is 5.82 Å². The highest BCUT2D eigenvalue weighted by molar-refractivity contribution is 5.51. The number of rotatable bonds is 3. The van der Waals surface area contributed by atoms with Crippen LogP contribution in [0.15, 0.2) is 18.2 Å². The smallest absolute Gasteiger partial charge is 0.123 e. The molecule has 0 saturated heterocycles. The molecule has 0 radical (unpaired) electrons. The van der Waals surface area contributed by atoms with Gasteiger partial charge in [0.15, 0.2) is 0 Å². The molecule has 0 saturated carbocycles. The predicted molar refractivity (Wildman–Crippen MR) is 55.9 cm³/mol. The summed E-state index contributed by atoms with van der Waals surface area (Å²) in [7, 11) is 0. The normalized spacial score (nSPS) is 14.9. The van der Waals surface area contributed by atoms with Gasteiger partial charge < -0.3 is 10.4 Å². The third kappa shape index (κ3) is 2.70. The molecular weight excluding hydrogens is 181 g/mol. The fourth-order valence-corrected chi connectivity index (χ4v) is 1.15. The molecule has 1 rings (SSSR count). The first-order valence-electron chi connectivity index (χ1n) is 4.71. The van der Waals surface area contributed by atoms with Crippen LogP contribution in [0.2, 0.25) is 0 Å². The second kappa shape index (κ2) is 4.42. The Labute approximate surface area is 83.8 Å². The van der Waals surface area contributed by atoms with Crippen molar-refractivity contribution >= 4 is 5.69 Å². The molecule has 0 aromatic heterocycles. The minimum Gasteiger partial charge on any atom is -0.391 e. The van der Waals surface area contributed by atoms with E-state index in [9.17, 15) is 9.50 Å². The summed E-state index contributed by atoms with van der Waals surface area (Å²) in [5, 5.41) is 12.4. The molecule has 0 bridgehead atoms. The average Bonchev–Trinajstić information content (AvgIpc) is 2.09. The van der Waals surface area contributed by atoms with E-state index >= 15 is 0 Å². The number of anilines is 1. The van der Waals surface area contributed by atoms with Crippen LogP contribution in [-0.2, 0) is 0 Å². The quantitative estimate of drug-likeness (QED) is 0.779. The minimum atomic E-state index is -0.431. The molecule has 2 N–H and O–H groups in total. The number of benzene rings is 1. The van der Waals surface area contributed by atoms with Crippen molar-refractivity contribution in [1.82, 2.24) is 0 Å². The summed E-state index contributed by atoms with van der Waals surface area (Å²) in [6.45, 7) is 5.43. The summed E-state index contributed by atoms with van der Waals surface area (Å²) in [5.74, 6) is -0.238. The molecular formula is C11H16FNO. The number of aliphatic hydroxyl groups excluding tert-OH is 1. The van der Waals surface area contributed by atoms with Crippen molar-refractivity contribution in [2.75, 3.05) is 5.32 Å². The monoisotopic (exact) mass is 197 g/mol. The molecule has 0 amide bonds. The van der Waals surface area contributed by atoms with Gasteiger partial charge in [0.25, 0.3) is 0 Å². The average molecular weight is 197 g/mol. The Kier molecular flexibility index (Phi) is 3.47. The Morgan fingerprint density at radius 3 is 2.50 bits per heavy atom. The van der Waals surface area contributed by atoms with E-state index in [1.165, 1.54) is 12.1 Å². The Morgan fingerprint density at radius 2 is 2.00 bits per heavy atom. The first kappa shape index (κ1) is 11.0. The van der Waals surface area contributed by atoms with E-state index in [4.69, 9.17) is 0 Å². The van der Waals surface area contributed by atoms with Crippen molar-refractivity contribution in [2.24, 2.45) is 0 Å². The molecule has 0 aliphatic rings. The number of hydrogen-bond donors (Lipinski definition) is 2. The van der Waals surface area contributed by atoms with E-state index in [1.54, 1.807) is 13.0 Å². The third-order valence-electron chi connectivity index (χ3n) is 2.30. The number of hydrogen-bond acceptors (Lipinski definition) is 2. The molecule has 1 aromatic carbocycles. The molecule has 0 fully saturated rings. The Bertz CT molecular complexity index is 312. The highest BCUT2D eigenvalue weighted by Gasteiger charge is 2.09. The van der Waals surface area contributed by atoms with Gasteiger partial charge >= 0.3 is 0 Å². The van der Waals surface area contributed by atoms with Crippen LogP contribution in [0.1, 0.15) is 19.4 Å². The molecule has 2 atom stereocenters. The van der Waals surface area contributed by atoms with E-state index in [0.717, 1.165) is 11.3 Å². The number of aliphatic hydroxyl groups is 1. The lowest BCUT2D eigenvalue weighted by atomic mass is 10.1. The first-order chi connectivity index (χ1) is 6.50. The molecule has 0 aliphatic heterocycles. The summed E-state index contributed by atoms with van der Waals surface area (Å²) in [6, 6.07) is 4.52. The van der Waals surface area contributed by atoms with Crippen molar-refractivity contribution in [3.63, 3.8) is 0 Å². The SMILES string of the molecule is Cc1cc(F)ccc1NC(C)C(C)O. The fourth-order valence-electron chi connectivity index (χ4n) is 1.15. The summed E-state index contributed by atoms with van der Waals surface area (Å²) < 4.78 is 12.8. The van der Waals surface area contributed by atoms with E-state index in [0.29, 0.717) is 0 Å². The van der Waals surface area contributed by atoms with Crippen molar-refractivity contribution in [3.05, 3.63) is 29.6 Å². The molecule has 14 heavy (non-hydrogen) atoms. The maximum absolute atomic E-state index is 12.8. The standard InChI is InChI=1S/C11H16FNO/c1-7-6-10(12)4-5-11(7)13-8(2)9(3)14/h4-6,8-9,13-14H,1-3H3. The van der Waals surface area contributed by atoms with Crippen molar-refractivity contribution in [2.45, 2.75) is 32.9 Å². The van der Waals surface area contributed by atoms with Crippen LogP contribution in [0.3, 0.4) is 0 Å². The maximum atomic E-state index is 12.8. The van der Waals surface area contributed by atoms with Crippen LogP contribution in [0.5, 0.6) is 0 Å². The molecule has 0 spiro atoms. The lowest BCUT2D eigenvalue weighted by Gasteiger charge is -2.19. The molecule has 0 heterocycles.